The smallest absolute Gasteiger partial charge is 0.160 e. The van der Waals surface area contributed by atoms with Crippen LogP contribution in [0.5, 0.6) is 0 Å². The average Bonchev–Trinajstić information content (AvgIpc) is 3.12. The first-order valence-electron chi connectivity index (χ1n) is 14.5. The van der Waals surface area contributed by atoms with E-state index in [2.05, 4.69) is 88.8 Å². The zero-order valence-corrected chi connectivity index (χ0v) is 23.7. The van der Waals surface area contributed by atoms with Gasteiger partial charge in [-0.05, 0) is 70.4 Å². The van der Waals surface area contributed by atoms with Crippen molar-refractivity contribution in [2.45, 2.75) is 0 Å². The number of benzene rings is 4. The Balaban J connectivity index is 1.31. The highest BCUT2D eigenvalue weighted by Gasteiger charge is 2.15. The van der Waals surface area contributed by atoms with Gasteiger partial charge in [0.2, 0.25) is 0 Å². The zero-order valence-electron chi connectivity index (χ0n) is 23.7. The lowest BCUT2D eigenvalue weighted by molar-refractivity contribution is 1.15. The van der Waals surface area contributed by atoms with Gasteiger partial charge in [0.05, 0.1) is 34.0 Å². The molecule has 0 N–H and O–H groups in total. The number of nitrogens with zero attached hydrogens (tertiary/aromatic N) is 5. The number of rotatable bonds is 5. The molecule has 8 aromatic rings. The van der Waals surface area contributed by atoms with Gasteiger partial charge < -0.3 is 0 Å². The Kier molecular flexibility index (Phi) is 6.39. The van der Waals surface area contributed by atoms with Gasteiger partial charge in [0.15, 0.2) is 5.82 Å². The number of pyridine rings is 3. The summed E-state index contributed by atoms with van der Waals surface area (Å²) in [5.74, 6) is 0.603. The van der Waals surface area contributed by atoms with Crippen molar-refractivity contribution in [2.24, 2.45) is 0 Å². The van der Waals surface area contributed by atoms with Gasteiger partial charge in [-0.15, -0.1) is 0 Å². The van der Waals surface area contributed by atoms with Crippen molar-refractivity contribution in [1.29, 1.82) is 0 Å². The Morgan fingerprint density at radius 1 is 0.386 bits per heavy atom. The summed E-state index contributed by atoms with van der Waals surface area (Å²) in [6.07, 6.45) is 3.55. The molecule has 5 nitrogen and oxygen atoms in total. The summed E-state index contributed by atoms with van der Waals surface area (Å²) in [5.41, 5.74) is 9.06. The molecule has 0 fully saturated rings. The van der Waals surface area contributed by atoms with E-state index in [-0.39, 0.29) is 0 Å². The van der Waals surface area contributed by atoms with Crippen LogP contribution < -0.4 is 0 Å². The SMILES string of the molecule is c1ccc(-c2cc(-c3cccc(-c4nc(-c5ccccn5)cc(-c5ccccn5)n4)c3)nc3ccc4ccccc4c23)cc1. The molecule has 0 aliphatic carbocycles. The monoisotopic (exact) mass is 563 g/mol. The van der Waals surface area contributed by atoms with Crippen LogP contribution in [0.15, 0.2) is 152 Å². The first-order chi connectivity index (χ1) is 21.8. The van der Waals surface area contributed by atoms with Crippen molar-refractivity contribution in [3.8, 4) is 56.5 Å². The summed E-state index contributed by atoms with van der Waals surface area (Å²) in [6.45, 7) is 0. The number of fused-ring (bicyclic) bond motifs is 3. The van der Waals surface area contributed by atoms with Crippen LogP contribution in [0, 0.1) is 0 Å². The normalized spacial score (nSPS) is 11.2. The fourth-order valence-electron chi connectivity index (χ4n) is 5.69. The molecular formula is C39H25N5. The van der Waals surface area contributed by atoms with Crippen molar-refractivity contribution < 1.29 is 0 Å². The van der Waals surface area contributed by atoms with Gasteiger partial charge in [-0.3, -0.25) is 9.97 Å². The summed E-state index contributed by atoms with van der Waals surface area (Å²) < 4.78 is 0. The minimum absolute atomic E-state index is 0.603. The molecule has 0 saturated carbocycles. The summed E-state index contributed by atoms with van der Waals surface area (Å²) in [7, 11) is 0. The van der Waals surface area contributed by atoms with Gasteiger partial charge in [0, 0.05) is 28.9 Å². The summed E-state index contributed by atoms with van der Waals surface area (Å²) in [4.78, 5) is 24.2. The van der Waals surface area contributed by atoms with E-state index in [1.807, 2.05) is 60.7 Å². The third kappa shape index (κ3) is 4.76. The van der Waals surface area contributed by atoms with Crippen molar-refractivity contribution >= 4 is 21.7 Å². The predicted octanol–water partition coefficient (Wildman–Crippen LogP) is 9.30. The molecular weight excluding hydrogens is 538 g/mol. The van der Waals surface area contributed by atoms with Gasteiger partial charge in [-0.1, -0.05) is 91.0 Å². The minimum atomic E-state index is 0.603. The maximum absolute atomic E-state index is 5.19. The third-order valence-electron chi connectivity index (χ3n) is 7.78. The van der Waals surface area contributed by atoms with Gasteiger partial charge in [0.25, 0.3) is 0 Å². The summed E-state index contributed by atoms with van der Waals surface area (Å²) in [5, 5.41) is 3.54. The van der Waals surface area contributed by atoms with E-state index in [0.29, 0.717) is 5.82 Å². The van der Waals surface area contributed by atoms with Crippen LogP contribution in [-0.2, 0) is 0 Å². The van der Waals surface area contributed by atoms with Crippen LogP contribution in [0.2, 0.25) is 0 Å². The standard InChI is InChI=1S/C39H25N5/c1-2-11-26(12-3-1)31-24-35(42-34-20-19-27-13-4-5-16-30(27)38(31)34)28-14-10-15-29(23-28)39-43-36(32-17-6-8-21-40-32)25-37(44-39)33-18-7-9-22-41-33/h1-25H. The molecule has 4 aromatic carbocycles. The molecule has 8 rings (SSSR count). The Labute approximate surface area is 254 Å². The fraction of sp³-hybridized carbons (Fsp3) is 0. The molecule has 206 valence electrons. The van der Waals surface area contributed by atoms with Gasteiger partial charge in [-0.25, -0.2) is 15.0 Å². The number of hydrogen-bond donors (Lipinski definition) is 0. The highest BCUT2D eigenvalue weighted by atomic mass is 14.9. The molecule has 0 amide bonds. The molecule has 4 heterocycles. The summed E-state index contributed by atoms with van der Waals surface area (Å²) in [6, 6.07) is 47.4. The first-order valence-corrected chi connectivity index (χ1v) is 14.5. The molecule has 0 spiro atoms. The van der Waals surface area contributed by atoms with Crippen LogP contribution in [0.25, 0.3) is 78.2 Å². The first kappa shape index (κ1) is 25.6. The van der Waals surface area contributed by atoms with Crippen molar-refractivity contribution in [3.05, 3.63) is 152 Å². The van der Waals surface area contributed by atoms with E-state index in [0.717, 1.165) is 61.6 Å². The molecule has 0 atom stereocenters. The van der Waals surface area contributed by atoms with Crippen molar-refractivity contribution in [2.75, 3.05) is 0 Å². The van der Waals surface area contributed by atoms with E-state index in [1.54, 1.807) is 12.4 Å². The van der Waals surface area contributed by atoms with Crippen LogP contribution in [0.4, 0.5) is 0 Å². The lowest BCUT2D eigenvalue weighted by atomic mass is 9.94. The van der Waals surface area contributed by atoms with E-state index in [4.69, 9.17) is 15.0 Å². The second kappa shape index (κ2) is 11.0. The van der Waals surface area contributed by atoms with Crippen LogP contribution in [0.3, 0.4) is 0 Å². The van der Waals surface area contributed by atoms with E-state index < -0.39 is 0 Å². The largest absolute Gasteiger partial charge is 0.255 e. The Hall–Kier alpha value is -6.07. The highest BCUT2D eigenvalue weighted by molar-refractivity contribution is 6.13. The van der Waals surface area contributed by atoms with E-state index in [1.165, 1.54) is 10.8 Å². The Morgan fingerprint density at radius 2 is 1.05 bits per heavy atom. The van der Waals surface area contributed by atoms with Crippen molar-refractivity contribution in [1.82, 2.24) is 24.9 Å². The number of aromatic nitrogens is 5. The lowest BCUT2D eigenvalue weighted by Crippen LogP contribution is -1.98. The van der Waals surface area contributed by atoms with Crippen LogP contribution in [0.1, 0.15) is 0 Å². The average molecular weight is 564 g/mol. The van der Waals surface area contributed by atoms with Gasteiger partial charge in [-0.2, -0.15) is 0 Å². The van der Waals surface area contributed by atoms with Gasteiger partial charge in [0.1, 0.15) is 0 Å². The second-order valence-electron chi connectivity index (χ2n) is 10.6. The highest BCUT2D eigenvalue weighted by Crippen LogP contribution is 2.37. The Bertz CT molecular complexity index is 2210. The van der Waals surface area contributed by atoms with E-state index in [9.17, 15) is 0 Å². The molecule has 0 unspecified atom stereocenters. The van der Waals surface area contributed by atoms with E-state index >= 15 is 0 Å². The Morgan fingerprint density at radius 3 is 1.77 bits per heavy atom. The van der Waals surface area contributed by atoms with Crippen molar-refractivity contribution in [3.63, 3.8) is 0 Å². The zero-order chi connectivity index (χ0) is 29.3. The lowest BCUT2D eigenvalue weighted by Gasteiger charge is -2.14. The van der Waals surface area contributed by atoms with Crippen LogP contribution >= 0.6 is 0 Å². The predicted molar refractivity (Wildman–Crippen MR) is 178 cm³/mol. The molecule has 0 aliphatic heterocycles. The molecule has 0 saturated heterocycles. The molecule has 0 bridgehead atoms. The minimum Gasteiger partial charge on any atom is -0.255 e. The maximum atomic E-state index is 5.19. The maximum Gasteiger partial charge on any atom is 0.160 e. The molecule has 44 heavy (non-hydrogen) atoms. The fourth-order valence-corrected chi connectivity index (χ4v) is 5.69. The number of hydrogen-bond acceptors (Lipinski definition) is 5. The third-order valence-corrected chi connectivity index (χ3v) is 7.78. The van der Waals surface area contributed by atoms with Gasteiger partial charge >= 0.3 is 0 Å². The molecule has 5 heteroatoms. The molecule has 4 aromatic heterocycles. The topological polar surface area (TPSA) is 64.5 Å². The molecule has 0 aliphatic rings. The molecule has 0 radical (unpaired) electrons. The quantitative estimate of drug-likeness (QED) is 0.195. The second-order valence-corrected chi connectivity index (χ2v) is 10.6. The van der Waals surface area contributed by atoms with Crippen LogP contribution in [-0.4, -0.2) is 24.9 Å². The summed E-state index contributed by atoms with van der Waals surface area (Å²) >= 11 is 0.